The van der Waals surface area contributed by atoms with E-state index in [2.05, 4.69) is 16.0 Å². The number of amides is 3. The van der Waals surface area contributed by atoms with E-state index in [-0.39, 0.29) is 18.6 Å². The van der Waals surface area contributed by atoms with Gasteiger partial charge >= 0.3 is 18.2 Å². The van der Waals surface area contributed by atoms with Crippen LogP contribution in [-0.2, 0) is 41.4 Å². The predicted octanol–water partition coefficient (Wildman–Crippen LogP) is 3.97. The smallest absolute Gasteiger partial charge is 0.419 e. The van der Waals surface area contributed by atoms with E-state index in [1.165, 1.54) is 30.7 Å². The third-order valence-corrected chi connectivity index (χ3v) is 6.75. The fraction of sp³-hybridized carbons (Fsp3) is 0.441. The third-order valence-electron chi connectivity index (χ3n) is 6.75. The first-order valence-electron chi connectivity index (χ1n) is 15.1. The van der Waals surface area contributed by atoms with Gasteiger partial charge in [-0.25, -0.2) is 14.4 Å². The second kappa shape index (κ2) is 15.0. The number of nitrogens with zero attached hydrogens (tertiary/aromatic N) is 1. The molecule has 0 fully saturated rings. The van der Waals surface area contributed by atoms with Gasteiger partial charge in [-0.3, -0.25) is 14.2 Å². The Labute approximate surface area is 273 Å². The molecule has 13 heteroatoms. The number of rotatable bonds is 10. The van der Waals surface area contributed by atoms with Crippen LogP contribution >= 0.6 is 0 Å². The summed E-state index contributed by atoms with van der Waals surface area (Å²) in [6, 6.07) is 9.74. The van der Waals surface area contributed by atoms with E-state index in [0.717, 1.165) is 0 Å². The maximum Gasteiger partial charge on any atom is 0.419 e. The highest BCUT2D eigenvalue weighted by atomic mass is 16.6. The quantitative estimate of drug-likeness (QED) is 0.187. The zero-order valence-electron chi connectivity index (χ0n) is 28.0. The summed E-state index contributed by atoms with van der Waals surface area (Å²) in [4.78, 5) is 65.0. The Morgan fingerprint density at radius 1 is 0.787 bits per heavy atom. The highest BCUT2D eigenvalue weighted by Crippen LogP contribution is 2.24. The van der Waals surface area contributed by atoms with Gasteiger partial charge in [-0.05, 0) is 77.8 Å². The lowest BCUT2D eigenvalue weighted by atomic mass is 10.0. The molecule has 0 saturated heterocycles. The Kier molecular flexibility index (Phi) is 11.6. The number of methoxy groups -OCH3 is 1. The number of hydrogen-bond donors (Lipinski definition) is 4. The number of esters is 1. The second-order valence-corrected chi connectivity index (χ2v) is 13.1. The SMILES string of the molecule is COC(=O)[C@H](Cc1cn(C(=O)OC(C)(C)C)c2ccccc12)NC(=O)[C@H](C)NC(=O)[C@H](Cc1ccc(O)cc1)NC(=O)OC(C)(C)C. The molecule has 0 aliphatic heterocycles. The van der Waals surface area contributed by atoms with Crippen LogP contribution in [0, 0.1) is 0 Å². The van der Waals surface area contributed by atoms with E-state index in [9.17, 15) is 29.1 Å². The Bertz CT molecular complexity index is 1600. The fourth-order valence-electron chi connectivity index (χ4n) is 4.63. The fourth-order valence-corrected chi connectivity index (χ4v) is 4.63. The minimum Gasteiger partial charge on any atom is -0.508 e. The number of nitrogens with one attached hydrogen (secondary N) is 3. The van der Waals surface area contributed by atoms with Gasteiger partial charge in [0.25, 0.3) is 0 Å². The summed E-state index contributed by atoms with van der Waals surface area (Å²) in [5, 5.41) is 18.1. The van der Waals surface area contributed by atoms with Gasteiger partial charge in [0, 0.05) is 24.4 Å². The maximum atomic E-state index is 13.4. The van der Waals surface area contributed by atoms with Crippen LogP contribution < -0.4 is 16.0 Å². The summed E-state index contributed by atoms with van der Waals surface area (Å²) in [6.07, 6.45) is 0.134. The molecule has 13 nitrogen and oxygen atoms in total. The average molecular weight is 653 g/mol. The van der Waals surface area contributed by atoms with Crippen molar-refractivity contribution < 1.29 is 43.3 Å². The van der Waals surface area contributed by atoms with Crippen LogP contribution in [0.25, 0.3) is 10.9 Å². The van der Waals surface area contributed by atoms with E-state index in [0.29, 0.717) is 22.0 Å². The molecule has 0 unspecified atom stereocenters. The van der Waals surface area contributed by atoms with E-state index in [4.69, 9.17) is 14.2 Å². The molecule has 0 bridgehead atoms. The lowest BCUT2D eigenvalue weighted by Crippen LogP contribution is -2.56. The van der Waals surface area contributed by atoms with Gasteiger partial charge in [-0.1, -0.05) is 30.3 Å². The van der Waals surface area contributed by atoms with Crippen molar-refractivity contribution in [3.05, 3.63) is 65.9 Å². The van der Waals surface area contributed by atoms with Crippen molar-refractivity contribution >= 4 is 40.9 Å². The summed E-state index contributed by atoms with van der Waals surface area (Å²) >= 11 is 0. The molecular formula is C34H44N4O9. The predicted molar refractivity (Wildman–Crippen MR) is 174 cm³/mol. The molecule has 0 aliphatic rings. The van der Waals surface area contributed by atoms with Gasteiger partial charge in [-0.2, -0.15) is 0 Å². The maximum absolute atomic E-state index is 13.4. The Hall–Kier alpha value is -5.07. The van der Waals surface area contributed by atoms with Gasteiger partial charge in [-0.15, -0.1) is 0 Å². The second-order valence-electron chi connectivity index (χ2n) is 13.1. The monoisotopic (exact) mass is 652 g/mol. The molecule has 0 spiro atoms. The number of phenolic OH excluding ortho intramolecular Hbond substituents is 1. The van der Waals surface area contributed by atoms with E-state index in [1.54, 1.807) is 84.1 Å². The van der Waals surface area contributed by atoms with Crippen LogP contribution in [-0.4, -0.2) is 76.1 Å². The number of fused-ring (bicyclic) bond motifs is 1. The zero-order chi connectivity index (χ0) is 35.1. The van der Waals surface area contributed by atoms with Crippen molar-refractivity contribution in [3.8, 4) is 5.75 Å². The molecule has 4 N–H and O–H groups in total. The Morgan fingerprint density at radius 3 is 2.00 bits per heavy atom. The number of ether oxygens (including phenoxy) is 3. The van der Waals surface area contributed by atoms with Crippen LogP contribution in [0.4, 0.5) is 9.59 Å². The Morgan fingerprint density at radius 2 is 1.40 bits per heavy atom. The number of alkyl carbamates (subject to hydrolysis) is 1. The number of carbonyl (C=O) groups is 5. The minimum atomic E-state index is -1.17. The first-order valence-corrected chi connectivity index (χ1v) is 15.1. The number of phenols is 1. The molecule has 0 saturated carbocycles. The van der Waals surface area contributed by atoms with Crippen LogP contribution in [0.1, 0.15) is 59.6 Å². The van der Waals surface area contributed by atoms with Gasteiger partial charge in [0.15, 0.2) is 0 Å². The molecule has 0 radical (unpaired) electrons. The minimum absolute atomic E-state index is 0.0287. The van der Waals surface area contributed by atoms with E-state index < -0.39 is 59.3 Å². The zero-order valence-corrected chi connectivity index (χ0v) is 28.0. The third kappa shape index (κ3) is 10.8. The summed E-state index contributed by atoms with van der Waals surface area (Å²) in [6.45, 7) is 11.7. The van der Waals surface area contributed by atoms with Crippen LogP contribution in [0.2, 0.25) is 0 Å². The Balaban J connectivity index is 1.78. The van der Waals surface area contributed by atoms with Crippen LogP contribution in [0.3, 0.4) is 0 Å². The first-order chi connectivity index (χ1) is 21.9. The molecule has 3 amide bonds. The highest BCUT2D eigenvalue weighted by Gasteiger charge is 2.30. The molecule has 3 atom stereocenters. The molecule has 2 aromatic carbocycles. The van der Waals surface area contributed by atoms with Crippen molar-refractivity contribution in [3.63, 3.8) is 0 Å². The van der Waals surface area contributed by atoms with Crippen LogP contribution in [0.5, 0.6) is 5.75 Å². The molecule has 1 heterocycles. The molecular weight excluding hydrogens is 608 g/mol. The number of para-hydroxylation sites is 1. The van der Waals surface area contributed by atoms with Crippen LogP contribution in [0.15, 0.2) is 54.7 Å². The van der Waals surface area contributed by atoms with Gasteiger partial charge in [0.05, 0.1) is 12.6 Å². The normalized spacial score (nSPS) is 13.5. The van der Waals surface area contributed by atoms with Gasteiger partial charge in [0.1, 0.15) is 35.1 Å². The average Bonchev–Trinajstić information content (AvgIpc) is 3.33. The molecule has 3 rings (SSSR count). The molecule has 254 valence electrons. The first kappa shape index (κ1) is 36.4. The number of aromatic nitrogens is 1. The summed E-state index contributed by atoms with van der Waals surface area (Å²) < 4.78 is 17.2. The summed E-state index contributed by atoms with van der Waals surface area (Å²) in [5.41, 5.74) is 0.210. The molecule has 47 heavy (non-hydrogen) atoms. The number of benzene rings is 2. The van der Waals surface area contributed by atoms with Crippen molar-refractivity contribution in [1.82, 2.24) is 20.5 Å². The van der Waals surface area contributed by atoms with Crippen molar-refractivity contribution in [1.29, 1.82) is 0 Å². The number of hydrogen-bond acceptors (Lipinski definition) is 9. The number of carbonyl (C=O) groups excluding carboxylic acids is 5. The van der Waals surface area contributed by atoms with Crippen molar-refractivity contribution in [2.45, 2.75) is 90.6 Å². The van der Waals surface area contributed by atoms with Gasteiger partial charge in [0.2, 0.25) is 11.8 Å². The van der Waals surface area contributed by atoms with Gasteiger partial charge < -0.3 is 35.3 Å². The van der Waals surface area contributed by atoms with Crippen molar-refractivity contribution in [2.24, 2.45) is 0 Å². The molecule has 1 aromatic heterocycles. The molecule has 3 aromatic rings. The lowest BCUT2D eigenvalue weighted by Gasteiger charge is -2.25. The summed E-state index contributed by atoms with van der Waals surface area (Å²) in [5.74, 6) is -2.07. The highest BCUT2D eigenvalue weighted by molar-refractivity contribution is 5.95. The van der Waals surface area contributed by atoms with E-state index in [1.807, 2.05) is 0 Å². The lowest BCUT2D eigenvalue weighted by molar-refractivity contribution is -0.145. The summed E-state index contributed by atoms with van der Waals surface area (Å²) in [7, 11) is 1.19. The topological polar surface area (TPSA) is 174 Å². The number of aromatic hydroxyl groups is 1. The molecule has 0 aliphatic carbocycles. The van der Waals surface area contributed by atoms with E-state index >= 15 is 0 Å². The largest absolute Gasteiger partial charge is 0.508 e. The van der Waals surface area contributed by atoms with Crippen molar-refractivity contribution in [2.75, 3.05) is 7.11 Å². The standard InChI is InChI=1S/C34H44N4O9/c1-20(35-29(41)25(37-31(43)46-33(2,3)4)17-21-13-15-23(39)16-14-21)28(40)36-26(30(42)45-8)18-22-19-38(32(44)47-34(5,6)7)27-12-10-9-11-24(22)27/h9-16,19-20,25-26,39H,17-18H2,1-8H3,(H,35,41)(H,36,40)(H,37,43)/t20-,25-,26-/m0/s1.